The van der Waals surface area contributed by atoms with Crippen LogP contribution in [0, 0.1) is 19.8 Å². The molecule has 4 nitrogen and oxygen atoms in total. The van der Waals surface area contributed by atoms with Gasteiger partial charge < -0.3 is 11.1 Å². The van der Waals surface area contributed by atoms with Gasteiger partial charge in [-0.2, -0.15) is 0 Å². The Hall–Kier alpha value is -1.39. The Kier molecular flexibility index (Phi) is 5.37. The Morgan fingerprint density at radius 1 is 1.38 bits per heavy atom. The third kappa shape index (κ3) is 4.05. The molecule has 0 bridgehead atoms. The lowest BCUT2D eigenvalue weighted by atomic mass is 9.91. The van der Waals surface area contributed by atoms with Crippen LogP contribution in [0.5, 0.6) is 0 Å². The Labute approximate surface area is 127 Å². The highest BCUT2D eigenvalue weighted by atomic mass is 16.2. The van der Waals surface area contributed by atoms with Gasteiger partial charge in [-0.15, -0.1) is 0 Å². The number of para-hydroxylation sites is 1. The Balaban J connectivity index is 1.93. The number of piperidine rings is 1. The second-order valence-corrected chi connectivity index (χ2v) is 6.17. The molecule has 21 heavy (non-hydrogen) atoms. The first-order valence-electron chi connectivity index (χ1n) is 7.85. The van der Waals surface area contributed by atoms with Crippen molar-refractivity contribution < 1.29 is 4.79 Å². The molecule has 1 aliphatic heterocycles. The van der Waals surface area contributed by atoms with Crippen LogP contribution >= 0.6 is 0 Å². The maximum atomic E-state index is 12.3. The molecule has 1 aliphatic rings. The van der Waals surface area contributed by atoms with E-state index in [1.54, 1.807) is 0 Å². The standard InChI is InChI=1S/C17H27N3O/c1-4-14-10-20(9-8-15(14)18)11-16(21)19-17-12(2)6-5-7-13(17)3/h5-7,14-15H,4,8-11,18H2,1-3H3,(H,19,21). The van der Waals surface area contributed by atoms with Crippen LogP contribution in [0.15, 0.2) is 18.2 Å². The first-order valence-corrected chi connectivity index (χ1v) is 7.85. The van der Waals surface area contributed by atoms with Gasteiger partial charge in [0, 0.05) is 24.8 Å². The largest absolute Gasteiger partial charge is 0.327 e. The van der Waals surface area contributed by atoms with Gasteiger partial charge >= 0.3 is 0 Å². The third-order valence-electron chi connectivity index (χ3n) is 4.51. The highest BCUT2D eigenvalue weighted by Crippen LogP contribution is 2.21. The maximum absolute atomic E-state index is 12.3. The molecule has 1 amide bonds. The zero-order valence-corrected chi connectivity index (χ0v) is 13.4. The van der Waals surface area contributed by atoms with Crippen LogP contribution in [0.2, 0.25) is 0 Å². The first-order chi connectivity index (χ1) is 10.0. The number of nitrogens with zero attached hydrogens (tertiary/aromatic N) is 1. The summed E-state index contributed by atoms with van der Waals surface area (Å²) in [5.74, 6) is 0.574. The van der Waals surface area contributed by atoms with Gasteiger partial charge in [0.15, 0.2) is 0 Å². The summed E-state index contributed by atoms with van der Waals surface area (Å²) in [5, 5.41) is 3.06. The normalized spacial score (nSPS) is 23.0. The van der Waals surface area contributed by atoms with Crippen LogP contribution in [-0.4, -0.2) is 36.5 Å². The quantitative estimate of drug-likeness (QED) is 0.894. The van der Waals surface area contributed by atoms with Crippen molar-refractivity contribution in [3.63, 3.8) is 0 Å². The molecule has 0 radical (unpaired) electrons. The van der Waals surface area contributed by atoms with E-state index in [1.807, 2.05) is 32.0 Å². The van der Waals surface area contributed by atoms with Gasteiger partial charge in [-0.25, -0.2) is 0 Å². The Bertz CT molecular complexity index is 481. The summed E-state index contributed by atoms with van der Waals surface area (Å²) in [6.07, 6.45) is 2.06. The van der Waals surface area contributed by atoms with Gasteiger partial charge in [-0.05, 0) is 37.3 Å². The minimum Gasteiger partial charge on any atom is -0.327 e. The van der Waals surface area contributed by atoms with Crippen molar-refractivity contribution >= 4 is 11.6 Å². The van der Waals surface area contributed by atoms with Gasteiger partial charge in [0.1, 0.15) is 0 Å². The van der Waals surface area contributed by atoms with Crippen LogP contribution < -0.4 is 11.1 Å². The molecule has 0 saturated carbocycles. The molecule has 1 aromatic rings. The number of anilines is 1. The van der Waals surface area contributed by atoms with Gasteiger partial charge in [0.05, 0.1) is 6.54 Å². The number of aryl methyl sites for hydroxylation is 2. The predicted molar refractivity (Wildman–Crippen MR) is 87.4 cm³/mol. The van der Waals surface area contributed by atoms with Gasteiger partial charge in [-0.1, -0.05) is 31.5 Å². The van der Waals surface area contributed by atoms with E-state index in [0.717, 1.165) is 42.7 Å². The van der Waals surface area contributed by atoms with Gasteiger partial charge in [-0.3, -0.25) is 9.69 Å². The minimum absolute atomic E-state index is 0.0673. The van der Waals surface area contributed by atoms with Crippen LogP contribution in [0.25, 0.3) is 0 Å². The van der Waals surface area contributed by atoms with E-state index in [9.17, 15) is 4.79 Å². The summed E-state index contributed by atoms with van der Waals surface area (Å²) >= 11 is 0. The molecular formula is C17H27N3O. The number of amides is 1. The average molecular weight is 289 g/mol. The lowest BCUT2D eigenvalue weighted by Gasteiger charge is -2.36. The number of rotatable bonds is 4. The number of nitrogens with one attached hydrogen (secondary N) is 1. The zero-order chi connectivity index (χ0) is 15.4. The number of carbonyl (C=O) groups is 1. The fraction of sp³-hybridized carbons (Fsp3) is 0.588. The predicted octanol–water partition coefficient (Wildman–Crippen LogP) is 2.30. The molecule has 2 unspecified atom stereocenters. The number of benzene rings is 1. The average Bonchev–Trinajstić information content (AvgIpc) is 2.45. The summed E-state index contributed by atoms with van der Waals surface area (Å²) in [7, 11) is 0. The van der Waals surface area contributed by atoms with Gasteiger partial charge in [0.2, 0.25) is 5.91 Å². The first kappa shape index (κ1) is 16.0. The molecule has 2 rings (SSSR count). The van der Waals surface area contributed by atoms with Crippen molar-refractivity contribution in [2.75, 3.05) is 25.0 Å². The molecule has 1 heterocycles. The molecule has 2 atom stereocenters. The van der Waals surface area contributed by atoms with Crippen LogP contribution in [-0.2, 0) is 4.79 Å². The van der Waals surface area contributed by atoms with Crippen LogP contribution in [0.4, 0.5) is 5.69 Å². The van der Waals surface area contributed by atoms with Crippen LogP contribution in [0.3, 0.4) is 0 Å². The zero-order valence-electron chi connectivity index (χ0n) is 13.4. The highest BCUT2D eigenvalue weighted by Gasteiger charge is 2.26. The molecule has 116 valence electrons. The van der Waals surface area contributed by atoms with Crippen molar-refractivity contribution in [1.82, 2.24) is 4.90 Å². The van der Waals surface area contributed by atoms with E-state index in [1.165, 1.54) is 0 Å². The molecule has 0 aliphatic carbocycles. The molecule has 0 aromatic heterocycles. The van der Waals surface area contributed by atoms with Crippen molar-refractivity contribution in [3.05, 3.63) is 29.3 Å². The molecule has 0 spiro atoms. The number of hydrogen-bond donors (Lipinski definition) is 2. The second-order valence-electron chi connectivity index (χ2n) is 6.17. The lowest BCUT2D eigenvalue weighted by molar-refractivity contribution is -0.117. The highest BCUT2D eigenvalue weighted by molar-refractivity contribution is 5.93. The summed E-state index contributed by atoms with van der Waals surface area (Å²) in [5.41, 5.74) is 9.28. The summed E-state index contributed by atoms with van der Waals surface area (Å²) in [6.45, 7) is 8.52. The molecule has 3 N–H and O–H groups in total. The monoisotopic (exact) mass is 289 g/mol. The van der Waals surface area contributed by atoms with E-state index < -0.39 is 0 Å². The lowest BCUT2D eigenvalue weighted by Crippen LogP contribution is -2.48. The molecule has 1 saturated heterocycles. The Morgan fingerprint density at radius 3 is 2.67 bits per heavy atom. The van der Waals surface area contributed by atoms with Crippen LogP contribution in [0.1, 0.15) is 30.9 Å². The summed E-state index contributed by atoms with van der Waals surface area (Å²) in [6, 6.07) is 6.34. The van der Waals surface area contributed by atoms with E-state index in [4.69, 9.17) is 5.73 Å². The third-order valence-corrected chi connectivity index (χ3v) is 4.51. The van der Waals surface area contributed by atoms with Crippen molar-refractivity contribution in [2.24, 2.45) is 11.7 Å². The Morgan fingerprint density at radius 2 is 2.05 bits per heavy atom. The second kappa shape index (κ2) is 7.05. The molecule has 4 heteroatoms. The number of nitrogens with two attached hydrogens (primary N) is 1. The van der Waals surface area contributed by atoms with Crippen molar-refractivity contribution in [1.29, 1.82) is 0 Å². The minimum atomic E-state index is 0.0673. The SMILES string of the molecule is CCC1CN(CC(=O)Nc2c(C)cccc2C)CCC1N. The van der Waals surface area contributed by atoms with E-state index >= 15 is 0 Å². The van der Waals surface area contributed by atoms with Crippen molar-refractivity contribution in [2.45, 2.75) is 39.7 Å². The summed E-state index contributed by atoms with van der Waals surface area (Å²) in [4.78, 5) is 14.5. The van der Waals surface area contributed by atoms with Crippen molar-refractivity contribution in [3.8, 4) is 0 Å². The molecule has 1 aromatic carbocycles. The summed E-state index contributed by atoms with van der Waals surface area (Å²) < 4.78 is 0. The maximum Gasteiger partial charge on any atom is 0.238 e. The smallest absolute Gasteiger partial charge is 0.238 e. The number of likely N-dealkylation sites (tertiary alicyclic amines) is 1. The molecular weight excluding hydrogens is 262 g/mol. The van der Waals surface area contributed by atoms with E-state index in [0.29, 0.717) is 12.5 Å². The van der Waals surface area contributed by atoms with Gasteiger partial charge in [0.25, 0.3) is 0 Å². The number of carbonyl (C=O) groups excluding carboxylic acids is 1. The molecule has 1 fully saturated rings. The van der Waals surface area contributed by atoms with E-state index in [-0.39, 0.29) is 11.9 Å². The fourth-order valence-electron chi connectivity index (χ4n) is 3.09. The number of hydrogen-bond acceptors (Lipinski definition) is 3. The topological polar surface area (TPSA) is 58.4 Å². The fourth-order valence-corrected chi connectivity index (χ4v) is 3.09. The van der Waals surface area contributed by atoms with E-state index in [2.05, 4.69) is 17.1 Å².